The Labute approximate surface area is 114 Å². The van der Waals surface area contributed by atoms with Crippen LogP contribution in [-0.2, 0) is 14.8 Å². The Hall–Kier alpha value is -0.790. The minimum absolute atomic E-state index is 0.00693. The molecule has 0 radical (unpaired) electrons. The zero-order valence-corrected chi connectivity index (χ0v) is 12.2. The first kappa shape index (κ1) is 13.6. The number of phenols is 1. The van der Waals surface area contributed by atoms with Crippen LogP contribution in [0.25, 0.3) is 0 Å². The van der Waals surface area contributed by atoms with Crippen LogP contribution in [0.15, 0.2) is 22.7 Å². The predicted molar refractivity (Wildman–Crippen MR) is 72.2 cm³/mol. The average molecular weight is 336 g/mol. The summed E-state index contributed by atoms with van der Waals surface area (Å²) in [5.74, 6) is 0.00693. The van der Waals surface area contributed by atoms with Gasteiger partial charge in [-0.15, -0.1) is 0 Å². The van der Waals surface area contributed by atoms with E-state index < -0.39 is 14.8 Å². The number of sulfonamides is 1. The molecule has 1 aromatic rings. The molecule has 0 saturated heterocycles. The maximum Gasteiger partial charge on any atom is 0.240 e. The van der Waals surface area contributed by atoms with Gasteiger partial charge in [0.2, 0.25) is 10.0 Å². The lowest BCUT2D eigenvalue weighted by Crippen LogP contribution is -2.33. The molecule has 5 nitrogen and oxygen atoms in total. The van der Waals surface area contributed by atoms with Gasteiger partial charge >= 0.3 is 0 Å². The van der Waals surface area contributed by atoms with Crippen LogP contribution in [0.1, 0.15) is 12.8 Å². The third-order valence-corrected chi connectivity index (χ3v) is 5.83. The number of methoxy groups -OCH3 is 1. The van der Waals surface area contributed by atoms with Crippen LogP contribution in [0.5, 0.6) is 5.75 Å². The Morgan fingerprint density at radius 1 is 1.50 bits per heavy atom. The average Bonchev–Trinajstić information content (AvgIpc) is 3.05. The predicted octanol–water partition coefficient (Wildman–Crippen LogP) is 2.08. The van der Waals surface area contributed by atoms with Gasteiger partial charge in [-0.1, -0.05) is 0 Å². The molecular formula is C11H14BrNO4S. The number of anilines is 1. The largest absolute Gasteiger partial charge is 0.508 e. The van der Waals surface area contributed by atoms with Crippen molar-refractivity contribution in [3.8, 4) is 5.75 Å². The first-order chi connectivity index (χ1) is 8.40. The van der Waals surface area contributed by atoms with Gasteiger partial charge in [0.1, 0.15) is 10.5 Å². The number of rotatable bonds is 5. The molecule has 0 spiro atoms. The van der Waals surface area contributed by atoms with Crippen LogP contribution in [-0.4, -0.2) is 32.0 Å². The third kappa shape index (κ3) is 2.48. The number of halogens is 1. The lowest BCUT2D eigenvalue weighted by Gasteiger charge is -2.17. The van der Waals surface area contributed by atoms with E-state index in [0.717, 1.165) is 0 Å². The van der Waals surface area contributed by atoms with Gasteiger partial charge in [-0.05, 0) is 40.9 Å². The molecule has 1 fully saturated rings. The van der Waals surface area contributed by atoms with Crippen LogP contribution in [0.2, 0.25) is 0 Å². The minimum Gasteiger partial charge on any atom is -0.508 e. The number of hydrogen-bond acceptors (Lipinski definition) is 4. The molecule has 2 rings (SSSR count). The second-order valence-corrected chi connectivity index (χ2v) is 7.32. The molecule has 1 aliphatic carbocycles. The topological polar surface area (TPSA) is 75.6 Å². The fraction of sp³-hybridized carbons (Fsp3) is 0.455. The van der Waals surface area contributed by atoms with E-state index in [0.29, 0.717) is 23.0 Å². The highest BCUT2D eigenvalue weighted by molar-refractivity contribution is 9.10. The standard InChI is InChI=1S/C11H14BrNO4S/c1-17-7-11(4-5-11)18(15,16)13-10-6-8(14)2-3-9(10)12/h2-3,6,13-14H,4-5,7H2,1H3. The van der Waals surface area contributed by atoms with E-state index in [4.69, 9.17) is 4.74 Å². The van der Waals surface area contributed by atoms with Crippen molar-refractivity contribution >= 4 is 31.6 Å². The van der Waals surface area contributed by atoms with Crippen molar-refractivity contribution in [1.82, 2.24) is 0 Å². The molecule has 100 valence electrons. The number of nitrogens with one attached hydrogen (secondary N) is 1. The minimum atomic E-state index is -3.52. The van der Waals surface area contributed by atoms with Gasteiger partial charge in [-0.2, -0.15) is 0 Å². The maximum absolute atomic E-state index is 12.2. The second-order valence-electron chi connectivity index (χ2n) is 4.39. The molecule has 0 atom stereocenters. The Morgan fingerprint density at radius 3 is 2.72 bits per heavy atom. The zero-order valence-electron chi connectivity index (χ0n) is 9.81. The third-order valence-electron chi connectivity index (χ3n) is 2.98. The summed E-state index contributed by atoms with van der Waals surface area (Å²) in [6.07, 6.45) is 1.18. The number of hydrogen-bond donors (Lipinski definition) is 2. The molecule has 1 saturated carbocycles. The van der Waals surface area contributed by atoms with Gasteiger partial charge in [-0.25, -0.2) is 8.42 Å². The number of benzene rings is 1. The molecule has 0 bridgehead atoms. The summed E-state index contributed by atoms with van der Waals surface area (Å²) in [5.41, 5.74) is 0.331. The van der Waals surface area contributed by atoms with Crippen LogP contribution < -0.4 is 4.72 Å². The molecule has 7 heteroatoms. The second kappa shape index (κ2) is 4.71. The van der Waals surface area contributed by atoms with Crippen molar-refractivity contribution in [3.63, 3.8) is 0 Å². The summed E-state index contributed by atoms with van der Waals surface area (Å²) in [6, 6.07) is 4.43. The number of ether oxygens (including phenoxy) is 1. The summed E-state index contributed by atoms with van der Waals surface area (Å²) in [6.45, 7) is 0.179. The van der Waals surface area contributed by atoms with Gasteiger partial charge in [0.15, 0.2) is 0 Å². The molecule has 0 unspecified atom stereocenters. The monoisotopic (exact) mass is 335 g/mol. The summed E-state index contributed by atoms with van der Waals surface area (Å²) in [7, 11) is -2.03. The Bertz CT molecular complexity index is 554. The van der Waals surface area contributed by atoms with E-state index in [1.807, 2.05) is 0 Å². The summed E-state index contributed by atoms with van der Waals surface area (Å²) in [5, 5.41) is 9.38. The highest BCUT2D eigenvalue weighted by atomic mass is 79.9. The van der Waals surface area contributed by atoms with Crippen molar-refractivity contribution in [3.05, 3.63) is 22.7 Å². The molecule has 1 aromatic carbocycles. The Kier molecular flexibility index (Phi) is 3.57. The number of aromatic hydroxyl groups is 1. The normalized spacial score (nSPS) is 17.4. The van der Waals surface area contributed by atoms with E-state index in [9.17, 15) is 13.5 Å². The smallest absolute Gasteiger partial charge is 0.240 e. The molecule has 0 amide bonds. The van der Waals surface area contributed by atoms with Gasteiger partial charge in [0, 0.05) is 17.6 Å². The molecule has 0 aromatic heterocycles. The van der Waals surface area contributed by atoms with Crippen molar-refractivity contribution in [2.45, 2.75) is 17.6 Å². The van der Waals surface area contributed by atoms with E-state index in [1.54, 1.807) is 6.07 Å². The quantitative estimate of drug-likeness (QED) is 0.863. The van der Waals surface area contributed by atoms with Crippen molar-refractivity contribution < 1.29 is 18.3 Å². The lowest BCUT2D eigenvalue weighted by molar-refractivity contribution is 0.192. The molecule has 18 heavy (non-hydrogen) atoms. The number of phenolic OH excluding ortho intramolecular Hbond substituents is 1. The molecular weight excluding hydrogens is 322 g/mol. The SMILES string of the molecule is COCC1(S(=O)(=O)Nc2cc(O)ccc2Br)CC1. The van der Waals surface area contributed by atoms with Crippen molar-refractivity contribution in [2.24, 2.45) is 0 Å². The van der Waals surface area contributed by atoms with Crippen molar-refractivity contribution in [1.29, 1.82) is 0 Å². The fourth-order valence-electron chi connectivity index (χ4n) is 1.74. The highest BCUT2D eigenvalue weighted by Gasteiger charge is 2.55. The first-order valence-electron chi connectivity index (χ1n) is 5.40. The zero-order chi connectivity index (χ0) is 13.4. The van der Waals surface area contributed by atoms with Crippen LogP contribution >= 0.6 is 15.9 Å². The van der Waals surface area contributed by atoms with Gasteiger partial charge < -0.3 is 9.84 Å². The van der Waals surface area contributed by atoms with Gasteiger partial charge in [0.25, 0.3) is 0 Å². The van der Waals surface area contributed by atoms with E-state index in [2.05, 4.69) is 20.7 Å². The molecule has 0 heterocycles. The first-order valence-corrected chi connectivity index (χ1v) is 7.68. The Balaban J connectivity index is 2.26. The van der Waals surface area contributed by atoms with E-state index >= 15 is 0 Å². The van der Waals surface area contributed by atoms with Crippen LogP contribution in [0, 0.1) is 0 Å². The van der Waals surface area contributed by atoms with Crippen LogP contribution in [0.3, 0.4) is 0 Å². The highest BCUT2D eigenvalue weighted by Crippen LogP contribution is 2.44. The molecule has 0 aliphatic heterocycles. The molecule has 1 aliphatic rings. The summed E-state index contributed by atoms with van der Waals surface area (Å²) in [4.78, 5) is 0. The van der Waals surface area contributed by atoms with Gasteiger partial charge in [0.05, 0.1) is 12.3 Å². The lowest BCUT2D eigenvalue weighted by atomic mass is 10.3. The van der Waals surface area contributed by atoms with E-state index in [-0.39, 0.29) is 12.4 Å². The Morgan fingerprint density at radius 2 is 2.17 bits per heavy atom. The van der Waals surface area contributed by atoms with Crippen molar-refractivity contribution in [2.75, 3.05) is 18.4 Å². The van der Waals surface area contributed by atoms with Gasteiger partial charge in [-0.3, -0.25) is 4.72 Å². The van der Waals surface area contributed by atoms with E-state index in [1.165, 1.54) is 19.2 Å². The summed E-state index contributed by atoms with van der Waals surface area (Å²) < 4.78 is 31.7. The molecule has 2 N–H and O–H groups in total. The fourth-order valence-corrected chi connectivity index (χ4v) is 3.80. The van der Waals surface area contributed by atoms with Crippen LogP contribution in [0.4, 0.5) is 5.69 Å². The summed E-state index contributed by atoms with van der Waals surface area (Å²) >= 11 is 3.24. The maximum atomic E-state index is 12.2.